The van der Waals surface area contributed by atoms with Crippen LogP contribution in [0.15, 0.2) is 80.3 Å². The number of aromatic nitrogens is 4. The maximum Gasteiger partial charge on any atom is 0.315 e. The van der Waals surface area contributed by atoms with E-state index >= 15 is 0 Å². The lowest BCUT2D eigenvalue weighted by Crippen LogP contribution is -2.24. The van der Waals surface area contributed by atoms with Crippen molar-refractivity contribution >= 4 is 21.6 Å². The maximum atomic E-state index is 13.8. The Labute approximate surface area is 234 Å². The van der Waals surface area contributed by atoms with Gasteiger partial charge in [0.05, 0.1) is 46.8 Å². The first-order valence-corrected chi connectivity index (χ1v) is 14.2. The van der Waals surface area contributed by atoms with Crippen LogP contribution < -0.4 is 20.6 Å². The molecule has 0 radical (unpaired) electrons. The highest BCUT2D eigenvalue weighted by molar-refractivity contribution is 8.76. The summed E-state index contributed by atoms with van der Waals surface area (Å²) in [5.41, 5.74) is -0.890. The second-order valence-electron chi connectivity index (χ2n) is 8.09. The molecule has 2 N–H and O–H groups in total. The lowest BCUT2D eigenvalue weighted by atomic mass is 10.3. The summed E-state index contributed by atoms with van der Waals surface area (Å²) < 4.78 is 40.9. The summed E-state index contributed by atoms with van der Waals surface area (Å²) in [4.78, 5) is 27.1. The molecule has 0 saturated heterocycles. The third kappa shape index (κ3) is 7.07. The molecule has 0 saturated carbocycles. The molecule has 4 rings (SSSR count). The van der Waals surface area contributed by atoms with E-state index in [-0.39, 0.29) is 62.1 Å². The minimum atomic E-state index is -0.645. The largest absolute Gasteiger partial charge is 0.487 e. The average molecular weight is 591 g/mol. The van der Waals surface area contributed by atoms with E-state index in [2.05, 4.69) is 10.2 Å². The van der Waals surface area contributed by atoms with Gasteiger partial charge in [0.1, 0.15) is 11.6 Å². The molecule has 2 aromatic carbocycles. The molecule has 14 heteroatoms. The smallest absolute Gasteiger partial charge is 0.315 e. The number of hydrogen-bond acceptors (Lipinski definition) is 10. The van der Waals surface area contributed by atoms with Gasteiger partial charge in [-0.1, -0.05) is 12.1 Å². The first-order chi connectivity index (χ1) is 19.4. The first kappa shape index (κ1) is 29.3. The van der Waals surface area contributed by atoms with Crippen molar-refractivity contribution < 1.29 is 28.5 Å². The van der Waals surface area contributed by atoms with Crippen LogP contribution in [0.4, 0.5) is 8.78 Å². The molecule has 2 aromatic heterocycles. The fourth-order valence-electron chi connectivity index (χ4n) is 3.38. The van der Waals surface area contributed by atoms with Crippen LogP contribution in [-0.4, -0.2) is 56.2 Å². The molecule has 2 heterocycles. The van der Waals surface area contributed by atoms with Crippen LogP contribution in [0.5, 0.6) is 11.5 Å². The molecule has 4 aromatic rings. The van der Waals surface area contributed by atoms with Gasteiger partial charge in [-0.3, -0.25) is 9.59 Å². The van der Waals surface area contributed by atoms with E-state index in [4.69, 9.17) is 19.7 Å². The Kier molecular flexibility index (Phi) is 10.3. The van der Waals surface area contributed by atoms with Crippen LogP contribution in [0.1, 0.15) is 12.8 Å². The molecule has 10 nitrogen and oxygen atoms in total. The van der Waals surface area contributed by atoms with Gasteiger partial charge in [0.2, 0.25) is 11.5 Å². The third-order valence-corrected chi connectivity index (χ3v) is 7.58. The van der Waals surface area contributed by atoms with Gasteiger partial charge in [-0.2, -0.15) is 19.6 Å². The molecular formula is C26H24F2N4O6S2. The third-order valence-electron chi connectivity index (χ3n) is 5.23. The van der Waals surface area contributed by atoms with E-state index in [1.165, 1.54) is 48.8 Å². The van der Waals surface area contributed by atoms with Crippen LogP contribution >= 0.6 is 21.6 Å². The molecular weight excluding hydrogens is 566 g/mol. The normalized spacial score (nSPS) is 11.0. The molecule has 0 amide bonds. The number of ether oxygens (including phenoxy) is 2. The average Bonchev–Trinajstić information content (AvgIpc) is 2.94. The SMILES string of the molecule is O=c1c(OCCCO)c(SSc2cnn(-c3cccc(F)c3)c(=O)c2OCCCO)cnn1-c1cccc(F)c1. The minimum absolute atomic E-state index is 0.0396. The van der Waals surface area contributed by atoms with Gasteiger partial charge in [0.15, 0.2) is 0 Å². The minimum Gasteiger partial charge on any atom is -0.487 e. The van der Waals surface area contributed by atoms with Crippen LogP contribution in [0.25, 0.3) is 11.4 Å². The number of halogens is 2. The molecule has 0 aliphatic heterocycles. The summed E-state index contributed by atoms with van der Waals surface area (Å²) in [7, 11) is 2.09. The molecule has 0 atom stereocenters. The zero-order valence-corrected chi connectivity index (χ0v) is 22.5. The zero-order chi connectivity index (χ0) is 28.5. The van der Waals surface area contributed by atoms with Gasteiger partial charge in [0.25, 0.3) is 0 Å². The molecule has 0 bridgehead atoms. The fourth-order valence-corrected chi connectivity index (χ4v) is 5.44. The Balaban J connectivity index is 1.68. The van der Waals surface area contributed by atoms with E-state index in [0.717, 1.165) is 43.1 Å². The second kappa shape index (κ2) is 14.1. The Morgan fingerprint density at radius 1 is 0.725 bits per heavy atom. The predicted molar refractivity (Wildman–Crippen MR) is 146 cm³/mol. The summed E-state index contributed by atoms with van der Waals surface area (Å²) >= 11 is 0. The Morgan fingerprint density at radius 2 is 1.15 bits per heavy atom. The van der Waals surface area contributed by atoms with E-state index in [9.17, 15) is 18.4 Å². The number of nitrogens with zero attached hydrogens (tertiary/aromatic N) is 4. The zero-order valence-electron chi connectivity index (χ0n) is 20.9. The quantitative estimate of drug-likeness (QED) is 0.177. The van der Waals surface area contributed by atoms with Crippen molar-refractivity contribution in [1.29, 1.82) is 0 Å². The van der Waals surface area contributed by atoms with Crippen molar-refractivity contribution in [1.82, 2.24) is 19.6 Å². The van der Waals surface area contributed by atoms with E-state index in [0.29, 0.717) is 9.79 Å². The van der Waals surface area contributed by atoms with E-state index < -0.39 is 22.8 Å². The number of aliphatic hydroxyl groups is 2. The maximum absolute atomic E-state index is 13.8. The van der Waals surface area contributed by atoms with Gasteiger partial charge < -0.3 is 19.7 Å². The second-order valence-corrected chi connectivity index (χ2v) is 10.3. The molecule has 0 fully saturated rings. The summed E-state index contributed by atoms with van der Waals surface area (Å²) in [6.45, 7) is -0.222. The highest BCUT2D eigenvalue weighted by Gasteiger charge is 2.20. The summed E-state index contributed by atoms with van der Waals surface area (Å²) in [5, 5.41) is 26.6. The van der Waals surface area contributed by atoms with Crippen molar-refractivity contribution in [3.05, 3.63) is 93.3 Å². The van der Waals surface area contributed by atoms with Crippen LogP contribution in [-0.2, 0) is 0 Å². The molecule has 0 unspecified atom stereocenters. The van der Waals surface area contributed by atoms with Gasteiger partial charge in [-0.05, 0) is 58.0 Å². The predicted octanol–water partition coefficient (Wildman–Crippen LogP) is 3.38. The molecule has 0 aliphatic rings. The summed E-state index contributed by atoms with van der Waals surface area (Å²) in [6, 6.07) is 10.7. The van der Waals surface area contributed by atoms with Crippen molar-refractivity contribution in [2.24, 2.45) is 0 Å². The Morgan fingerprint density at radius 3 is 1.52 bits per heavy atom. The van der Waals surface area contributed by atoms with Gasteiger partial charge in [-0.15, -0.1) is 0 Å². The molecule has 0 aliphatic carbocycles. The van der Waals surface area contributed by atoms with Gasteiger partial charge in [-0.25, -0.2) is 8.78 Å². The van der Waals surface area contributed by atoms with Crippen molar-refractivity contribution in [2.45, 2.75) is 22.6 Å². The number of aliphatic hydroxyl groups excluding tert-OH is 2. The number of benzene rings is 2. The van der Waals surface area contributed by atoms with E-state index in [1.807, 2.05) is 0 Å². The highest BCUT2D eigenvalue weighted by Crippen LogP contribution is 2.42. The fraction of sp³-hybridized carbons (Fsp3) is 0.231. The van der Waals surface area contributed by atoms with Crippen LogP contribution in [0.2, 0.25) is 0 Å². The monoisotopic (exact) mass is 590 g/mol. The molecule has 0 spiro atoms. The highest BCUT2D eigenvalue weighted by atomic mass is 33.1. The number of hydrogen-bond donors (Lipinski definition) is 2. The lowest BCUT2D eigenvalue weighted by Gasteiger charge is -2.14. The lowest BCUT2D eigenvalue weighted by molar-refractivity contribution is 0.228. The summed E-state index contributed by atoms with van der Waals surface area (Å²) in [5.74, 6) is -1.24. The Bertz CT molecular complexity index is 1470. The van der Waals surface area contributed by atoms with Gasteiger partial charge >= 0.3 is 11.1 Å². The molecule has 40 heavy (non-hydrogen) atoms. The topological polar surface area (TPSA) is 129 Å². The van der Waals surface area contributed by atoms with Crippen LogP contribution in [0, 0.1) is 11.6 Å². The Hall–Kier alpha value is -3.72. The molecule has 210 valence electrons. The van der Waals surface area contributed by atoms with Gasteiger partial charge in [0, 0.05) is 26.1 Å². The van der Waals surface area contributed by atoms with Crippen molar-refractivity contribution in [3.63, 3.8) is 0 Å². The first-order valence-electron chi connectivity index (χ1n) is 12.0. The standard InChI is InChI=1S/C26H24F2N4O6S2/c27-17-5-1-7-19(13-17)31-25(35)23(37-11-3-9-33)21(15-29-31)39-40-22-16-30-32(20-8-2-6-18(28)14-20)26(36)24(22)38-12-4-10-34/h1-2,5-8,13-16,33-34H,3-4,9-12H2. The number of rotatable bonds is 13. The van der Waals surface area contributed by atoms with Crippen molar-refractivity contribution in [3.8, 4) is 22.9 Å². The summed E-state index contributed by atoms with van der Waals surface area (Å²) in [6.07, 6.45) is 3.27. The van der Waals surface area contributed by atoms with Crippen LogP contribution in [0.3, 0.4) is 0 Å². The van der Waals surface area contributed by atoms with Crippen molar-refractivity contribution in [2.75, 3.05) is 26.4 Å². The van der Waals surface area contributed by atoms with E-state index in [1.54, 1.807) is 0 Å².